The first kappa shape index (κ1) is 14.2. The van der Waals surface area contributed by atoms with Crippen LogP contribution in [0, 0.1) is 0 Å². The lowest BCUT2D eigenvalue weighted by Gasteiger charge is -2.15. The van der Waals surface area contributed by atoms with Crippen molar-refractivity contribution in [3.05, 3.63) is 33.8 Å². The normalized spacial score (nSPS) is 12.1. The van der Waals surface area contributed by atoms with Crippen molar-refractivity contribution in [2.24, 2.45) is 0 Å². The van der Waals surface area contributed by atoms with Gasteiger partial charge < -0.3 is 10.5 Å². The Kier molecular flexibility index (Phi) is 4.70. The minimum atomic E-state index is -4.53. The Hall–Kier alpha value is -0.880. The van der Waals surface area contributed by atoms with Gasteiger partial charge in [-0.3, -0.25) is 0 Å². The molecular weight excluding hydrogens is 322 g/mol. The predicted octanol–water partition coefficient (Wildman–Crippen LogP) is 4.18. The topological polar surface area (TPSA) is 35.2 Å². The lowest BCUT2D eigenvalue weighted by molar-refractivity contribution is -0.138. The summed E-state index contributed by atoms with van der Waals surface area (Å²) >= 11 is 8.23. The number of nitrogen functional groups attached to an aromatic ring is 1. The average molecular weight is 331 g/mol. The molecule has 0 aliphatic heterocycles. The molecule has 1 rings (SSSR count). The number of hydrogen-bond acceptors (Lipinski definition) is 2. The first-order valence-electron chi connectivity index (χ1n) is 4.40. The fraction of sp³-hybridized carbons (Fsp3) is 0.200. The van der Waals surface area contributed by atoms with Crippen molar-refractivity contribution < 1.29 is 17.9 Å². The van der Waals surface area contributed by atoms with Crippen LogP contribution in [0.4, 0.5) is 18.9 Å². The van der Waals surface area contributed by atoms with Crippen LogP contribution >= 0.6 is 27.5 Å². The fourth-order valence-corrected chi connectivity index (χ4v) is 1.80. The molecule has 0 aliphatic rings. The highest BCUT2D eigenvalue weighted by Crippen LogP contribution is 2.41. The highest BCUT2D eigenvalue weighted by molar-refractivity contribution is 9.10. The highest BCUT2D eigenvalue weighted by atomic mass is 79.9. The van der Waals surface area contributed by atoms with E-state index in [0.717, 1.165) is 6.07 Å². The Morgan fingerprint density at radius 3 is 2.59 bits per heavy atom. The molecule has 0 fully saturated rings. The van der Waals surface area contributed by atoms with Crippen molar-refractivity contribution in [1.82, 2.24) is 0 Å². The van der Waals surface area contributed by atoms with E-state index < -0.39 is 11.7 Å². The molecule has 1 aromatic rings. The van der Waals surface area contributed by atoms with Crippen LogP contribution in [0.25, 0.3) is 0 Å². The monoisotopic (exact) mass is 329 g/mol. The molecule has 0 bridgehead atoms. The number of halogens is 5. The largest absolute Gasteiger partial charge is 0.488 e. The molecule has 0 spiro atoms. The van der Waals surface area contributed by atoms with Gasteiger partial charge in [0, 0.05) is 11.2 Å². The van der Waals surface area contributed by atoms with E-state index in [1.807, 2.05) is 0 Å². The zero-order chi connectivity index (χ0) is 13.1. The molecule has 0 atom stereocenters. The van der Waals surface area contributed by atoms with E-state index in [1.54, 1.807) is 0 Å². The molecule has 2 nitrogen and oxygen atoms in total. The van der Waals surface area contributed by atoms with Crippen molar-refractivity contribution in [2.45, 2.75) is 6.18 Å². The second-order valence-electron chi connectivity index (χ2n) is 3.05. The maximum Gasteiger partial charge on any atom is 0.420 e. The molecule has 1 aromatic carbocycles. The van der Waals surface area contributed by atoms with E-state index in [9.17, 15) is 13.2 Å². The summed E-state index contributed by atoms with van der Waals surface area (Å²) in [5.74, 6) is -0.304. The number of alkyl halides is 3. The summed E-state index contributed by atoms with van der Waals surface area (Å²) in [7, 11) is 0. The van der Waals surface area contributed by atoms with Gasteiger partial charge in [-0.1, -0.05) is 11.6 Å². The standard InChI is InChI=1S/C10H8BrClF3NO/c11-8-5-6(16)4-7(10(13,14)15)9(8)17-3-1-2-12/h1-2,4-5H,3,16H2. The molecule has 17 heavy (non-hydrogen) atoms. The van der Waals surface area contributed by atoms with E-state index in [0.29, 0.717) is 0 Å². The molecule has 94 valence electrons. The molecule has 0 aliphatic carbocycles. The van der Waals surface area contributed by atoms with Gasteiger partial charge in [-0.05, 0) is 34.1 Å². The van der Waals surface area contributed by atoms with Crippen molar-refractivity contribution in [1.29, 1.82) is 0 Å². The third-order valence-corrected chi connectivity index (χ3v) is 2.55. The lowest BCUT2D eigenvalue weighted by Crippen LogP contribution is -2.10. The van der Waals surface area contributed by atoms with Gasteiger partial charge in [0.1, 0.15) is 17.9 Å². The van der Waals surface area contributed by atoms with Crippen LogP contribution in [-0.4, -0.2) is 6.61 Å². The zero-order valence-electron chi connectivity index (χ0n) is 8.39. The van der Waals surface area contributed by atoms with Crippen molar-refractivity contribution in [2.75, 3.05) is 12.3 Å². The van der Waals surface area contributed by atoms with Crippen LogP contribution in [0.3, 0.4) is 0 Å². The number of hydrogen-bond donors (Lipinski definition) is 1. The van der Waals surface area contributed by atoms with E-state index in [2.05, 4.69) is 15.9 Å². The van der Waals surface area contributed by atoms with Crippen molar-refractivity contribution in [3.8, 4) is 5.75 Å². The van der Waals surface area contributed by atoms with Crippen LogP contribution < -0.4 is 10.5 Å². The van der Waals surface area contributed by atoms with Crippen molar-refractivity contribution in [3.63, 3.8) is 0 Å². The van der Waals surface area contributed by atoms with Gasteiger partial charge in [-0.15, -0.1) is 0 Å². The number of ether oxygens (including phenoxy) is 1. The minimum absolute atomic E-state index is 0.00411. The molecule has 0 saturated heterocycles. The van der Waals surface area contributed by atoms with Crippen LogP contribution in [-0.2, 0) is 6.18 Å². The van der Waals surface area contributed by atoms with Crippen LogP contribution in [0.1, 0.15) is 5.56 Å². The number of anilines is 1. The van der Waals surface area contributed by atoms with Crippen LogP contribution in [0.2, 0.25) is 0 Å². The number of nitrogens with two attached hydrogens (primary N) is 1. The minimum Gasteiger partial charge on any atom is -0.488 e. The Bertz CT molecular complexity index is 434. The second-order valence-corrected chi connectivity index (χ2v) is 4.16. The summed E-state index contributed by atoms with van der Waals surface area (Å²) in [4.78, 5) is 0. The number of rotatable bonds is 3. The molecule has 0 unspecified atom stereocenters. The SMILES string of the molecule is Nc1cc(Br)c(OCC=CCl)c(C(F)(F)F)c1. The Labute approximate surface area is 109 Å². The molecule has 0 aromatic heterocycles. The van der Waals surface area contributed by atoms with Gasteiger partial charge in [0.25, 0.3) is 0 Å². The Balaban J connectivity index is 3.16. The van der Waals surface area contributed by atoms with Crippen LogP contribution in [0.15, 0.2) is 28.2 Å². The summed E-state index contributed by atoms with van der Waals surface area (Å²) < 4.78 is 43.3. The Morgan fingerprint density at radius 2 is 2.06 bits per heavy atom. The predicted molar refractivity (Wildman–Crippen MR) is 64.0 cm³/mol. The fourth-order valence-electron chi connectivity index (χ4n) is 1.14. The first-order chi connectivity index (χ1) is 7.86. The summed E-state index contributed by atoms with van der Waals surface area (Å²) in [6.45, 7) is -0.0604. The Morgan fingerprint density at radius 1 is 1.41 bits per heavy atom. The van der Waals surface area contributed by atoms with Crippen molar-refractivity contribution >= 4 is 33.2 Å². The number of benzene rings is 1. The van der Waals surface area contributed by atoms with Gasteiger partial charge >= 0.3 is 6.18 Å². The van der Waals surface area contributed by atoms with E-state index >= 15 is 0 Å². The maximum absolute atomic E-state index is 12.7. The second kappa shape index (κ2) is 5.64. The summed E-state index contributed by atoms with van der Waals surface area (Å²) in [6, 6.07) is 2.17. The lowest BCUT2D eigenvalue weighted by atomic mass is 10.1. The molecule has 0 amide bonds. The molecular formula is C10H8BrClF3NO. The molecule has 0 saturated carbocycles. The average Bonchev–Trinajstić information content (AvgIpc) is 2.19. The molecule has 7 heteroatoms. The third-order valence-electron chi connectivity index (χ3n) is 1.78. The summed E-state index contributed by atoms with van der Waals surface area (Å²) in [5, 5.41) is 0. The smallest absolute Gasteiger partial charge is 0.420 e. The summed E-state index contributed by atoms with van der Waals surface area (Å²) in [6.07, 6.45) is -3.15. The molecule has 0 radical (unpaired) electrons. The first-order valence-corrected chi connectivity index (χ1v) is 5.63. The van der Waals surface area contributed by atoms with E-state index in [-0.39, 0.29) is 22.5 Å². The zero-order valence-corrected chi connectivity index (χ0v) is 10.7. The van der Waals surface area contributed by atoms with E-state index in [4.69, 9.17) is 22.1 Å². The maximum atomic E-state index is 12.7. The van der Waals surface area contributed by atoms with Gasteiger partial charge in [0.2, 0.25) is 0 Å². The van der Waals surface area contributed by atoms with Crippen LogP contribution in [0.5, 0.6) is 5.75 Å². The van der Waals surface area contributed by atoms with E-state index in [1.165, 1.54) is 17.7 Å². The quantitative estimate of drug-likeness (QED) is 0.844. The van der Waals surface area contributed by atoms with Gasteiger partial charge in [-0.2, -0.15) is 13.2 Å². The van der Waals surface area contributed by atoms with Gasteiger partial charge in [-0.25, -0.2) is 0 Å². The highest BCUT2D eigenvalue weighted by Gasteiger charge is 2.35. The van der Waals surface area contributed by atoms with Gasteiger partial charge in [0.15, 0.2) is 0 Å². The summed E-state index contributed by atoms with van der Waals surface area (Å²) in [5.41, 5.74) is 5.60. The third kappa shape index (κ3) is 3.81. The molecule has 2 N–H and O–H groups in total. The van der Waals surface area contributed by atoms with Gasteiger partial charge in [0.05, 0.1) is 4.47 Å². The molecule has 0 heterocycles.